The van der Waals surface area contributed by atoms with Crippen molar-refractivity contribution in [3.05, 3.63) is 119 Å². The summed E-state index contributed by atoms with van der Waals surface area (Å²) >= 11 is 0. The van der Waals surface area contributed by atoms with Gasteiger partial charge < -0.3 is 4.57 Å². The Labute approximate surface area is 196 Å². The van der Waals surface area contributed by atoms with Gasteiger partial charge in [0.25, 0.3) is 5.56 Å². The van der Waals surface area contributed by atoms with Gasteiger partial charge in [-0.3, -0.25) is 4.79 Å². The molecule has 0 unspecified atom stereocenters. The third kappa shape index (κ3) is 3.40. The molecule has 0 saturated heterocycles. The Morgan fingerprint density at radius 1 is 0.829 bits per heavy atom. The Balaban J connectivity index is 1.55. The number of fused-ring (bicyclic) bond motifs is 3. The lowest BCUT2D eigenvalue weighted by Crippen LogP contribution is -2.16. The van der Waals surface area contributed by atoms with Gasteiger partial charge in [-0.1, -0.05) is 24.3 Å². The summed E-state index contributed by atoms with van der Waals surface area (Å²) in [6, 6.07) is 16.9. The van der Waals surface area contributed by atoms with Gasteiger partial charge in [-0.05, 0) is 48.0 Å². The maximum atomic E-state index is 15.0. The molecule has 35 heavy (non-hydrogen) atoms. The van der Waals surface area contributed by atoms with Crippen LogP contribution in [-0.4, -0.2) is 24.1 Å². The second-order valence-corrected chi connectivity index (χ2v) is 8.06. The van der Waals surface area contributed by atoms with Crippen molar-refractivity contribution in [1.82, 2.24) is 24.1 Å². The van der Waals surface area contributed by atoms with E-state index in [2.05, 4.69) is 10.2 Å². The van der Waals surface area contributed by atoms with Crippen LogP contribution in [-0.2, 0) is 6.54 Å². The fourth-order valence-corrected chi connectivity index (χ4v) is 4.27. The van der Waals surface area contributed by atoms with Gasteiger partial charge in [0.05, 0.1) is 22.2 Å². The summed E-state index contributed by atoms with van der Waals surface area (Å²) in [6.45, 7) is 0.163. The van der Waals surface area contributed by atoms with E-state index >= 15 is 8.78 Å². The molecule has 0 saturated carbocycles. The van der Waals surface area contributed by atoms with Gasteiger partial charge in [-0.25, -0.2) is 17.9 Å². The van der Waals surface area contributed by atoms with E-state index in [1.54, 1.807) is 16.9 Å². The van der Waals surface area contributed by atoms with Crippen molar-refractivity contribution in [2.45, 2.75) is 6.54 Å². The minimum absolute atomic E-state index is 0.0319. The quantitative estimate of drug-likeness (QED) is 0.366. The molecule has 0 radical (unpaired) electrons. The minimum Gasteiger partial charge on any atom is -0.340 e. The van der Waals surface area contributed by atoms with E-state index in [0.717, 1.165) is 28.1 Å². The SMILES string of the molecule is O=c1c2cn(Cc3ccc(-n4cccn4)cc3)c3c(F)ccc(F)c3c-2nn1-c1ccccc1F. The number of halogens is 3. The number of benzene rings is 3. The molecule has 3 heterocycles. The number of para-hydroxylation sites is 1. The maximum absolute atomic E-state index is 15.0. The second kappa shape index (κ2) is 7.98. The van der Waals surface area contributed by atoms with Gasteiger partial charge in [0.1, 0.15) is 28.8 Å². The molecule has 4 aromatic rings. The lowest BCUT2D eigenvalue weighted by atomic mass is 10.1. The summed E-state index contributed by atoms with van der Waals surface area (Å²) in [6.07, 6.45) is 4.92. The van der Waals surface area contributed by atoms with Crippen molar-refractivity contribution in [1.29, 1.82) is 0 Å². The first-order chi connectivity index (χ1) is 17.0. The van der Waals surface area contributed by atoms with Crippen LogP contribution < -0.4 is 5.56 Å². The lowest BCUT2D eigenvalue weighted by molar-refractivity contribution is 0.606. The molecule has 9 heteroatoms. The first-order valence-electron chi connectivity index (χ1n) is 10.7. The van der Waals surface area contributed by atoms with E-state index in [9.17, 15) is 9.18 Å². The molecule has 6 nitrogen and oxygen atoms in total. The Morgan fingerprint density at radius 2 is 1.60 bits per heavy atom. The highest BCUT2D eigenvalue weighted by molar-refractivity contribution is 5.94. The Morgan fingerprint density at radius 3 is 2.34 bits per heavy atom. The summed E-state index contributed by atoms with van der Waals surface area (Å²) in [5.41, 5.74) is 0.928. The standard InChI is InChI=1S/C26H16F3N5O/c27-19-4-1-2-5-22(19)34-26(35)18-15-32(25-21(29)11-10-20(28)23(25)24(18)31-34)14-16-6-8-17(9-7-16)33-13-3-12-30-33/h1-13,15H,14H2. The monoisotopic (exact) mass is 471 g/mol. The van der Waals surface area contributed by atoms with Crippen LogP contribution in [0.3, 0.4) is 0 Å². The van der Waals surface area contributed by atoms with Crippen LogP contribution in [0.5, 0.6) is 0 Å². The molecule has 172 valence electrons. The van der Waals surface area contributed by atoms with Crippen molar-refractivity contribution in [3.8, 4) is 22.6 Å². The van der Waals surface area contributed by atoms with Crippen LogP contribution in [0.1, 0.15) is 5.56 Å². The van der Waals surface area contributed by atoms with Crippen LogP contribution in [0, 0.1) is 17.5 Å². The van der Waals surface area contributed by atoms with Gasteiger partial charge in [0.15, 0.2) is 0 Å². The third-order valence-corrected chi connectivity index (χ3v) is 5.90. The van der Waals surface area contributed by atoms with Gasteiger partial charge >= 0.3 is 0 Å². The van der Waals surface area contributed by atoms with Gasteiger partial charge in [-0.15, -0.1) is 0 Å². The van der Waals surface area contributed by atoms with Crippen LogP contribution in [0.4, 0.5) is 13.2 Å². The number of aromatic nitrogens is 5. The summed E-state index contributed by atoms with van der Waals surface area (Å²) < 4.78 is 48.5. The molecule has 2 aliphatic rings. The molecule has 2 aliphatic heterocycles. The number of rotatable bonds is 4. The van der Waals surface area contributed by atoms with Crippen LogP contribution in [0.2, 0.25) is 0 Å². The van der Waals surface area contributed by atoms with Crippen molar-refractivity contribution in [3.63, 3.8) is 0 Å². The third-order valence-electron chi connectivity index (χ3n) is 5.90. The number of hydrogen-bond donors (Lipinski definition) is 0. The summed E-state index contributed by atoms with van der Waals surface area (Å²) in [7, 11) is 0. The van der Waals surface area contributed by atoms with Crippen molar-refractivity contribution < 1.29 is 13.2 Å². The molecule has 0 spiro atoms. The van der Waals surface area contributed by atoms with E-state index in [4.69, 9.17) is 0 Å². The predicted molar refractivity (Wildman–Crippen MR) is 124 cm³/mol. The zero-order valence-electron chi connectivity index (χ0n) is 18.1. The van der Waals surface area contributed by atoms with Crippen LogP contribution >= 0.6 is 0 Å². The largest absolute Gasteiger partial charge is 0.340 e. The van der Waals surface area contributed by atoms with Gasteiger partial charge in [0.2, 0.25) is 0 Å². The molecule has 0 bridgehead atoms. The molecule has 0 amide bonds. The fraction of sp³-hybridized carbons (Fsp3) is 0.0385. The molecule has 3 aromatic carbocycles. The molecule has 0 aliphatic carbocycles. The van der Waals surface area contributed by atoms with E-state index in [-0.39, 0.29) is 34.4 Å². The van der Waals surface area contributed by atoms with Crippen LogP contribution in [0.25, 0.3) is 33.5 Å². The summed E-state index contributed by atoms with van der Waals surface area (Å²) in [4.78, 5) is 13.2. The van der Waals surface area contributed by atoms with Crippen molar-refractivity contribution in [2.75, 3.05) is 0 Å². The number of hydrogen-bond acceptors (Lipinski definition) is 3. The first-order valence-corrected chi connectivity index (χ1v) is 10.7. The molecule has 0 N–H and O–H groups in total. The molecule has 6 rings (SSSR count). The van der Waals surface area contributed by atoms with Crippen LogP contribution in [0.15, 0.2) is 90.1 Å². The normalized spacial score (nSPS) is 11.5. The average Bonchev–Trinajstić information content (AvgIpc) is 3.51. The van der Waals surface area contributed by atoms with Crippen molar-refractivity contribution >= 4 is 10.9 Å². The predicted octanol–water partition coefficient (Wildman–Crippen LogP) is 4.94. The van der Waals surface area contributed by atoms with E-state index in [0.29, 0.717) is 0 Å². The topological polar surface area (TPSA) is 57.6 Å². The molecule has 0 atom stereocenters. The van der Waals surface area contributed by atoms with E-state index in [1.165, 1.54) is 29.0 Å². The second-order valence-electron chi connectivity index (χ2n) is 8.06. The van der Waals surface area contributed by atoms with E-state index in [1.807, 2.05) is 36.5 Å². The molecular weight excluding hydrogens is 455 g/mol. The molecule has 0 fully saturated rings. The number of pyridine rings is 1. The zero-order valence-corrected chi connectivity index (χ0v) is 18.1. The summed E-state index contributed by atoms with van der Waals surface area (Å²) in [5.74, 6) is -2.05. The highest BCUT2D eigenvalue weighted by Gasteiger charge is 2.25. The average molecular weight is 471 g/mol. The zero-order chi connectivity index (χ0) is 24.1. The van der Waals surface area contributed by atoms with E-state index < -0.39 is 23.0 Å². The Bertz CT molecular complexity index is 1720. The minimum atomic E-state index is -0.729. The van der Waals surface area contributed by atoms with Gasteiger partial charge in [0, 0.05) is 25.1 Å². The molecule has 1 aromatic heterocycles. The maximum Gasteiger partial charge on any atom is 0.282 e. The Kier molecular flexibility index (Phi) is 4.77. The lowest BCUT2D eigenvalue weighted by Gasteiger charge is -2.15. The smallest absolute Gasteiger partial charge is 0.282 e. The highest BCUT2D eigenvalue weighted by Crippen LogP contribution is 2.32. The first kappa shape index (κ1) is 20.9. The number of nitrogens with zero attached hydrogens (tertiary/aromatic N) is 5. The van der Waals surface area contributed by atoms with Gasteiger partial charge in [-0.2, -0.15) is 14.9 Å². The Hall–Kier alpha value is -4.66. The molecular formula is C26H16F3N5O. The highest BCUT2D eigenvalue weighted by atomic mass is 19.1. The van der Waals surface area contributed by atoms with Crippen molar-refractivity contribution in [2.24, 2.45) is 0 Å². The summed E-state index contributed by atoms with van der Waals surface area (Å²) in [5, 5.41) is 8.25. The fourth-order valence-electron chi connectivity index (χ4n) is 4.27.